The lowest BCUT2D eigenvalue weighted by atomic mass is 9.68. The average Bonchev–Trinajstić information content (AvgIpc) is 3.08. The van der Waals surface area contributed by atoms with Crippen molar-refractivity contribution in [2.45, 2.75) is 69.2 Å². The van der Waals surface area contributed by atoms with Crippen LogP contribution in [0, 0.1) is 23.7 Å². The molecule has 5 N–H and O–H groups in total. The van der Waals surface area contributed by atoms with Gasteiger partial charge >= 0.3 is 0 Å². The largest absolute Gasteiger partial charge is 0.511 e. The molecule has 1 aliphatic heterocycles. The summed E-state index contributed by atoms with van der Waals surface area (Å²) in [5.74, 6) is -2.19. The third-order valence-electron chi connectivity index (χ3n) is 10.5. The van der Waals surface area contributed by atoms with Crippen LogP contribution in [0.3, 0.4) is 0 Å². The molecule has 9 nitrogen and oxygen atoms in total. The summed E-state index contributed by atoms with van der Waals surface area (Å²) in [5, 5.41) is 54.1. The number of fused-ring (bicyclic) bond motifs is 3. The van der Waals surface area contributed by atoms with E-state index in [2.05, 4.69) is 36.4 Å². The number of rotatable bonds is 7. The molecule has 3 aromatic carbocycles. The Morgan fingerprint density at radius 2 is 1.55 bits per heavy atom. The molecular weight excluding hydrogens is 600 g/mol. The molecule has 3 aromatic rings. The van der Waals surface area contributed by atoms with Crippen molar-refractivity contribution in [3.63, 3.8) is 0 Å². The van der Waals surface area contributed by atoms with Crippen LogP contribution in [0.25, 0.3) is 10.8 Å². The first kappa shape index (κ1) is 31.7. The normalized spacial score (nSPS) is 32.3. The van der Waals surface area contributed by atoms with Gasteiger partial charge in [-0.15, -0.1) is 0 Å². The van der Waals surface area contributed by atoms with Crippen LogP contribution in [0.1, 0.15) is 58.4 Å². The van der Waals surface area contributed by atoms with Gasteiger partial charge in [0, 0.05) is 5.56 Å². The fourth-order valence-corrected chi connectivity index (χ4v) is 8.00. The van der Waals surface area contributed by atoms with Crippen molar-refractivity contribution in [2.24, 2.45) is 23.7 Å². The van der Waals surface area contributed by atoms with Crippen molar-refractivity contribution in [3.8, 4) is 5.75 Å². The number of allylic oxidation sites excluding steroid dienone is 4. The minimum atomic E-state index is -1.69. The molecule has 9 atom stereocenters. The van der Waals surface area contributed by atoms with E-state index in [9.17, 15) is 35.1 Å². The molecule has 3 aliphatic carbocycles. The van der Waals surface area contributed by atoms with Crippen molar-refractivity contribution < 1.29 is 44.6 Å². The highest BCUT2D eigenvalue weighted by molar-refractivity contribution is 6.19. The van der Waals surface area contributed by atoms with E-state index in [0.29, 0.717) is 18.3 Å². The maximum atomic E-state index is 13.9. The van der Waals surface area contributed by atoms with Gasteiger partial charge in [0.05, 0.1) is 24.0 Å². The Labute approximate surface area is 272 Å². The van der Waals surface area contributed by atoms with Gasteiger partial charge in [0.1, 0.15) is 35.9 Å². The van der Waals surface area contributed by atoms with Crippen molar-refractivity contribution in [2.75, 3.05) is 6.61 Å². The zero-order valence-corrected chi connectivity index (χ0v) is 25.9. The fourth-order valence-electron chi connectivity index (χ4n) is 8.00. The highest BCUT2D eigenvalue weighted by atomic mass is 16.7. The number of ketones is 2. The van der Waals surface area contributed by atoms with Crippen LogP contribution in [0.5, 0.6) is 5.75 Å². The lowest BCUT2D eigenvalue weighted by molar-refractivity contribution is -0.277. The first-order chi connectivity index (χ1) is 22.7. The quantitative estimate of drug-likeness (QED) is 0.252. The van der Waals surface area contributed by atoms with Crippen LogP contribution in [-0.4, -0.2) is 74.4 Å². The molecule has 7 rings (SSSR count). The van der Waals surface area contributed by atoms with Crippen molar-refractivity contribution >= 4 is 22.3 Å². The van der Waals surface area contributed by atoms with E-state index in [-0.39, 0.29) is 28.4 Å². The van der Waals surface area contributed by atoms with Crippen LogP contribution in [0.4, 0.5) is 0 Å². The predicted octanol–water partition coefficient (Wildman–Crippen LogP) is 4.45. The number of Topliss-reactive ketones (excluding diaryl/α,β-unsaturated/α-hetero) is 2. The molecule has 9 heteroatoms. The van der Waals surface area contributed by atoms with Gasteiger partial charge in [-0.3, -0.25) is 9.59 Å². The van der Waals surface area contributed by atoms with Gasteiger partial charge < -0.3 is 35.0 Å². The van der Waals surface area contributed by atoms with Crippen LogP contribution in [0.15, 0.2) is 84.1 Å². The highest BCUT2D eigenvalue weighted by Gasteiger charge is 2.48. The molecule has 47 heavy (non-hydrogen) atoms. The molecular formula is C38H40O9. The zero-order chi connectivity index (χ0) is 32.8. The minimum Gasteiger partial charge on any atom is -0.511 e. The predicted molar refractivity (Wildman–Crippen MR) is 173 cm³/mol. The summed E-state index contributed by atoms with van der Waals surface area (Å²) in [7, 11) is 0. The van der Waals surface area contributed by atoms with E-state index in [1.807, 2.05) is 12.1 Å². The molecule has 0 aromatic heterocycles. The average molecular weight is 641 g/mol. The van der Waals surface area contributed by atoms with Crippen LogP contribution >= 0.6 is 0 Å². The van der Waals surface area contributed by atoms with E-state index in [0.717, 1.165) is 31.3 Å². The van der Waals surface area contributed by atoms with Crippen molar-refractivity contribution in [3.05, 3.63) is 101 Å². The number of aliphatic hydroxyl groups is 5. The first-order valence-corrected chi connectivity index (χ1v) is 16.5. The lowest BCUT2D eigenvalue weighted by Crippen LogP contribution is -2.60. The summed E-state index contributed by atoms with van der Waals surface area (Å²) < 4.78 is 11.3. The maximum absolute atomic E-state index is 13.9. The number of ether oxygens (including phenoxy) is 2. The smallest absolute Gasteiger partial charge is 0.229 e. The van der Waals surface area contributed by atoms with E-state index in [1.165, 1.54) is 34.9 Å². The number of aliphatic hydroxyl groups excluding tert-OH is 5. The molecule has 0 unspecified atom stereocenters. The van der Waals surface area contributed by atoms with Gasteiger partial charge in [-0.25, -0.2) is 0 Å². The summed E-state index contributed by atoms with van der Waals surface area (Å²) in [5.41, 5.74) is 2.26. The molecule has 0 radical (unpaired) electrons. The standard InChI is InChI=1S/C38H40O9/c39-19-30-34(42)36(44)37(45)38(47-30)46-29-11-5-10-26-32(29)35(43)31-27(33(26)41)17-21(18-28(31)40)16-25-9-4-3-8-24(25)15-20-12-13-22-6-1-2-7-23(22)14-20/h1-2,5-7,10-14,17-18,24-25,27,30-31,34,36-40,42,44-45H,3-4,8-9,15-16,19H2/t24-,25+,27+,30+,31-,34+,36-,37+,38-/m0/s1. The first-order valence-electron chi connectivity index (χ1n) is 16.5. The summed E-state index contributed by atoms with van der Waals surface area (Å²) in [6.45, 7) is -0.642. The fraction of sp³-hybridized carbons (Fsp3) is 0.421. The Morgan fingerprint density at radius 1 is 0.809 bits per heavy atom. The molecule has 1 saturated heterocycles. The summed E-state index contributed by atoms with van der Waals surface area (Å²) >= 11 is 0. The van der Waals surface area contributed by atoms with Gasteiger partial charge in [0.15, 0.2) is 11.6 Å². The van der Waals surface area contributed by atoms with E-state index < -0.39 is 54.9 Å². The lowest BCUT2D eigenvalue weighted by Gasteiger charge is -2.40. The van der Waals surface area contributed by atoms with E-state index in [1.54, 1.807) is 12.1 Å². The van der Waals surface area contributed by atoms with E-state index >= 15 is 0 Å². The molecule has 246 valence electrons. The number of carbonyl (C=O) groups is 2. The maximum Gasteiger partial charge on any atom is 0.229 e. The van der Waals surface area contributed by atoms with Gasteiger partial charge in [0.25, 0.3) is 0 Å². The Hall–Kier alpha value is -3.86. The van der Waals surface area contributed by atoms with Crippen LogP contribution in [0.2, 0.25) is 0 Å². The second-order valence-corrected chi connectivity index (χ2v) is 13.4. The highest BCUT2D eigenvalue weighted by Crippen LogP contribution is 2.44. The Balaban J connectivity index is 1.11. The second-order valence-electron chi connectivity index (χ2n) is 13.4. The number of benzene rings is 3. The van der Waals surface area contributed by atoms with Gasteiger partial charge in [-0.2, -0.15) is 0 Å². The van der Waals surface area contributed by atoms with Gasteiger partial charge in [0.2, 0.25) is 6.29 Å². The Bertz CT molecular complexity index is 1740. The second kappa shape index (κ2) is 13.0. The summed E-state index contributed by atoms with van der Waals surface area (Å²) in [6, 6.07) is 19.5. The third-order valence-corrected chi connectivity index (χ3v) is 10.5. The molecule has 0 bridgehead atoms. The Morgan fingerprint density at radius 3 is 2.32 bits per heavy atom. The molecule has 4 aliphatic rings. The third kappa shape index (κ3) is 5.91. The minimum absolute atomic E-state index is 0.0461. The summed E-state index contributed by atoms with van der Waals surface area (Å²) in [4.78, 5) is 27.9. The SMILES string of the molecule is O=C1c2c(O[C@H]3O[C@H](CO)[C@@H](O)[C@H](O)[C@H]3O)cccc2C(=O)[C@@H]2C=C(C[C@H]3CCCC[C@H]3Cc3ccc4ccccc4c3)C=C(O)[C@@H]12. The van der Waals surface area contributed by atoms with Gasteiger partial charge in [-0.1, -0.05) is 73.5 Å². The molecule has 1 saturated carbocycles. The van der Waals surface area contributed by atoms with Crippen molar-refractivity contribution in [1.82, 2.24) is 0 Å². The molecule has 0 amide bonds. The monoisotopic (exact) mass is 640 g/mol. The van der Waals surface area contributed by atoms with Crippen molar-refractivity contribution in [1.29, 1.82) is 0 Å². The Kier molecular flexibility index (Phi) is 8.76. The number of carbonyl (C=O) groups excluding carboxylic acids is 2. The van der Waals surface area contributed by atoms with Gasteiger partial charge in [-0.05, 0) is 71.6 Å². The topological polar surface area (TPSA) is 154 Å². The molecule has 0 spiro atoms. The zero-order valence-electron chi connectivity index (χ0n) is 25.9. The van der Waals surface area contributed by atoms with E-state index in [4.69, 9.17) is 9.47 Å². The number of hydrogen-bond donors (Lipinski definition) is 5. The molecule has 2 fully saturated rings. The summed E-state index contributed by atoms with van der Waals surface area (Å²) in [6.07, 6.45) is 1.99. The molecule has 1 heterocycles. The van der Waals surface area contributed by atoms with Crippen LogP contribution < -0.4 is 4.74 Å². The number of hydrogen-bond acceptors (Lipinski definition) is 9. The van der Waals surface area contributed by atoms with Crippen LogP contribution in [-0.2, 0) is 11.2 Å².